The van der Waals surface area contributed by atoms with E-state index < -0.39 is 17.3 Å². The van der Waals surface area contributed by atoms with Gasteiger partial charge in [0.25, 0.3) is 0 Å². The van der Waals surface area contributed by atoms with Gasteiger partial charge in [0.05, 0.1) is 35.7 Å². The summed E-state index contributed by atoms with van der Waals surface area (Å²) in [6.45, 7) is -0.180. The van der Waals surface area contributed by atoms with Crippen LogP contribution in [0, 0.1) is 11.3 Å². The van der Waals surface area contributed by atoms with Crippen molar-refractivity contribution < 1.29 is 18.3 Å². The van der Waals surface area contributed by atoms with E-state index >= 15 is 0 Å². The summed E-state index contributed by atoms with van der Waals surface area (Å²) in [5, 5.41) is 18.4. The molecule has 110 valence electrons. The molecular weight excluding hydrogens is 303 g/mol. The molecule has 0 aliphatic carbocycles. The molecule has 0 atom stereocenters. The second-order valence-electron chi connectivity index (χ2n) is 4.17. The SMILES string of the molecule is Cn1c(CO)cnc1Sc1ccc(C(F)(F)F)c(C#N)c1. The maximum Gasteiger partial charge on any atom is 0.417 e. The van der Waals surface area contributed by atoms with Crippen molar-refractivity contribution >= 4 is 11.8 Å². The first-order valence-electron chi connectivity index (χ1n) is 5.77. The minimum absolute atomic E-state index is 0.180. The molecule has 1 aromatic carbocycles. The molecule has 2 aromatic rings. The third-order valence-corrected chi connectivity index (χ3v) is 3.88. The molecule has 0 unspecified atom stereocenters. The second kappa shape index (κ2) is 5.79. The Labute approximate surface area is 122 Å². The highest BCUT2D eigenvalue weighted by molar-refractivity contribution is 7.99. The smallest absolute Gasteiger partial charge is 0.390 e. The highest BCUT2D eigenvalue weighted by Crippen LogP contribution is 2.35. The molecule has 0 radical (unpaired) electrons. The van der Waals surface area contributed by atoms with Crippen LogP contribution in [0.4, 0.5) is 13.2 Å². The number of hydrogen-bond donors (Lipinski definition) is 1. The van der Waals surface area contributed by atoms with Gasteiger partial charge in [-0.25, -0.2) is 4.98 Å². The van der Waals surface area contributed by atoms with E-state index in [9.17, 15) is 13.2 Å². The van der Waals surface area contributed by atoms with Gasteiger partial charge in [0.15, 0.2) is 5.16 Å². The molecular formula is C13H10F3N3OS. The molecule has 0 aliphatic heterocycles. The van der Waals surface area contributed by atoms with Crippen molar-refractivity contribution in [3.05, 3.63) is 41.2 Å². The van der Waals surface area contributed by atoms with Crippen LogP contribution >= 0.6 is 11.8 Å². The lowest BCUT2D eigenvalue weighted by Gasteiger charge is -2.10. The van der Waals surface area contributed by atoms with Gasteiger partial charge < -0.3 is 9.67 Å². The number of nitriles is 1. The summed E-state index contributed by atoms with van der Waals surface area (Å²) in [7, 11) is 1.69. The molecule has 2 rings (SSSR count). The van der Waals surface area contributed by atoms with E-state index in [2.05, 4.69) is 4.98 Å². The van der Waals surface area contributed by atoms with Crippen molar-refractivity contribution in [3.8, 4) is 6.07 Å². The predicted octanol–water partition coefficient (Wildman–Crippen LogP) is 2.95. The second-order valence-corrected chi connectivity index (χ2v) is 5.21. The van der Waals surface area contributed by atoms with E-state index in [1.54, 1.807) is 17.7 Å². The number of aromatic nitrogens is 2. The summed E-state index contributed by atoms with van der Waals surface area (Å²) >= 11 is 1.12. The monoisotopic (exact) mass is 313 g/mol. The molecule has 1 heterocycles. The van der Waals surface area contributed by atoms with Crippen LogP contribution in [-0.4, -0.2) is 14.7 Å². The van der Waals surface area contributed by atoms with Crippen LogP contribution in [0.5, 0.6) is 0 Å². The Morgan fingerprint density at radius 1 is 1.43 bits per heavy atom. The summed E-state index contributed by atoms with van der Waals surface area (Å²) < 4.78 is 39.7. The summed E-state index contributed by atoms with van der Waals surface area (Å²) in [6.07, 6.45) is -3.07. The largest absolute Gasteiger partial charge is 0.417 e. The number of halogens is 3. The van der Waals surface area contributed by atoms with Crippen molar-refractivity contribution in [1.82, 2.24) is 9.55 Å². The van der Waals surface area contributed by atoms with Crippen LogP contribution < -0.4 is 0 Å². The highest BCUT2D eigenvalue weighted by atomic mass is 32.2. The first-order valence-corrected chi connectivity index (χ1v) is 6.59. The van der Waals surface area contributed by atoms with Gasteiger partial charge in [-0.1, -0.05) is 11.8 Å². The molecule has 1 aromatic heterocycles. The third kappa shape index (κ3) is 3.20. The van der Waals surface area contributed by atoms with E-state index in [4.69, 9.17) is 10.4 Å². The molecule has 0 amide bonds. The van der Waals surface area contributed by atoms with Gasteiger partial charge >= 0.3 is 6.18 Å². The molecule has 21 heavy (non-hydrogen) atoms. The standard InChI is InChI=1S/C13H10F3N3OS/c1-19-9(7-20)6-18-12(19)21-10-2-3-11(13(14,15)16)8(4-10)5-17/h2-4,6,20H,7H2,1H3. The van der Waals surface area contributed by atoms with Crippen molar-refractivity contribution in [2.75, 3.05) is 0 Å². The molecule has 0 saturated heterocycles. The number of alkyl halides is 3. The van der Waals surface area contributed by atoms with E-state index in [0.29, 0.717) is 15.7 Å². The van der Waals surface area contributed by atoms with Gasteiger partial charge in [0, 0.05) is 11.9 Å². The van der Waals surface area contributed by atoms with Crippen molar-refractivity contribution in [2.24, 2.45) is 7.05 Å². The molecule has 4 nitrogen and oxygen atoms in total. The van der Waals surface area contributed by atoms with Crippen molar-refractivity contribution in [2.45, 2.75) is 22.8 Å². The Hall–Kier alpha value is -1.98. The van der Waals surface area contributed by atoms with Gasteiger partial charge in [-0.3, -0.25) is 0 Å². The van der Waals surface area contributed by atoms with Gasteiger partial charge in [0.1, 0.15) is 0 Å². The molecule has 1 N–H and O–H groups in total. The fraction of sp³-hybridized carbons (Fsp3) is 0.231. The van der Waals surface area contributed by atoms with Crippen molar-refractivity contribution in [1.29, 1.82) is 5.26 Å². The number of nitrogens with zero attached hydrogens (tertiary/aromatic N) is 3. The van der Waals surface area contributed by atoms with E-state index in [0.717, 1.165) is 17.8 Å². The summed E-state index contributed by atoms with van der Waals surface area (Å²) in [5.41, 5.74) is -0.792. The van der Waals surface area contributed by atoms with E-state index in [-0.39, 0.29) is 6.61 Å². The Kier molecular flexibility index (Phi) is 4.25. The minimum atomic E-state index is -4.55. The maximum absolute atomic E-state index is 12.7. The van der Waals surface area contributed by atoms with Crippen LogP contribution in [0.2, 0.25) is 0 Å². The normalized spacial score (nSPS) is 11.4. The molecule has 0 bridgehead atoms. The number of rotatable bonds is 3. The van der Waals surface area contributed by atoms with Crippen LogP contribution in [0.25, 0.3) is 0 Å². The highest BCUT2D eigenvalue weighted by Gasteiger charge is 2.33. The number of aliphatic hydroxyl groups is 1. The summed E-state index contributed by atoms with van der Waals surface area (Å²) in [5.74, 6) is 0. The lowest BCUT2D eigenvalue weighted by Crippen LogP contribution is -2.07. The fourth-order valence-corrected chi connectivity index (χ4v) is 2.58. The molecule has 0 aliphatic rings. The lowest BCUT2D eigenvalue weighted by atomic mass is 10.1. The molecule has 0 spiro atoms. The third-order valence-electron chi connectivity index (χ3n) is 2.83. The Bertz CT molecular complexity index is 704. The molecule has 0 fully saturated rings. The fourth-order valence-electron chi connectivity index (χ4n) is 1.70. The average Bonchev–Trinajstić information content (AvgIpc) is 2.78. The topological polar surface area (TPSA) is 61.8 Å². The first-order chi connectivity index (χ1) is 9.86. The molecule has 0 saturated carbocycles. The summed E-state index contributed by atoms with van der Waals surface area (Å²) in [4.78, 5) is 4.54. The quantitative estimate of drug-likeness (QED) is 0.946. The zero-order chi connectivity index (χ0) is 15.6. The van der Waals surface area contributed by atoms with Crippen LogP contribution in [0.1, 0.15) is 16.8 Å². The lowest BCUT2D eigenvalue weighted by molar-refractivity contribution is -0.137. The number of benzene rings is 1. The zero-order valence-corrected chi connectivity index (χ0v) is 11.7. The van der Waals surface area contributed by atoms with Crippen LogP contribution in [0.3, 0.4) is 0 Å². The Morgan fingerprint density at radius 3 is 2.67 bits per heavy atom. The summed E-state index contributed by atoms with van der Waals surface area (Å²) in [6, 6.07) is 4.92. The van der Waals surface area contributed by atoms with Crippen molar-refractivity contribution in [3.63, 3.8) is 0 Å². The average molecular weight is 313 g/mol. The van der Waals surface area contributed by atoms with Gasteiger partial charge in [-0.15, -0.1) is 0 Å². The van der Waals surface area contributed by atoms with E-state index in [1.807, 2.05) is 0 Å². The number of hydrogen-bond acceptors (Lipinski definition) is 4. The zero-order valence-electron chi connectivity index (χ0n) is 10.8. The van der Waals surface area contributed by atoms with Crippen LogP contribution in [0.15, 0.2) is 34.4 Å². The minimum Gasteiger partial charge on any atom is -0.390 e. The Balaban J connectivity index is 2.34. The first kappa shape index (κ1) is 15.4. The predicted molar refractivity (Wildman–Crippen MR) is 69.4 cm³/mol. The van der Waals surface area contributed by atoms with E-state index in [1.165, 1.54) is 18.3 Å². The van der Waals surface area contributed by atoms with Crippen LogP contribution in [-0.2, 0) is 19.8 Å². The van der Waals surface area contributed by atoms with Gasteiger partial charge in [-0.05, 0) is 18.2 Å². The van der Waals surface area contributed by atoms with Gasteiger partial charge in [0.2, 0.25) is 0 Å². The Morgan fingerprint density at radius 2 is 2.14 bits per heavy atom. The maximum atomic E-state index is 12.7. The number of aliphatic hydroxyl groups excluding tert-OH is 1. The van der Waals surface area contributed by atoms with Gasteiger partial charge in [-0.2, -0.15) is 18.4 Å². The molecule has 8 heteroatoms. The number of imidazole rings is 1.